The molecule has 0 saturated heterocycles. The van der Waals surface area contributed by atoms with Crippen LogP contribution < -0.4 is 0 Å². The van der Waals surface area contributed by atoms with E-state index in [1.807, 2.05) is 20.8 Å². The van der Waals surface area contributed by atoms with E-state index < -0.39 is 5.41 Å². The first-order chi connectivity index (χ1) is 14.8. The van der Waals surface area contributed by atoms with Gasteiger partial charge in [-0.05, 0) is 74.5 Å². The zero-order valence-corrected chi connectivity index (χ0v) is 22.3. The fraction of sp³-hybridized carbons (Fsp3) is 0.862. The molecule has 4 atom stereocenters. The maximum Gasteiger partial charge on any atom is 0.306 e. The molecule has 0 aromatic rings. The lowest BCUT2D eigenvalue weighted by atomic mass is 9.70. The van der Waals surface area contributed by atoms with Crippen LogP contribution >= 0.6 is 0 Å². The van der Waals surface area contributed by atoms with E-state index >= 15 is 0 Å². The Morgan fingerprint density at radius 1 is 1.12 bits per heavy atom. The molecule has 1 saturated carbocycles. The fourth-order valence-corrected chi connectivity index (χ4v) is 5.70. The van der Waals surface area contributed by atoms with E-state index in [9.17, 15) is 9.59 Å². The molecule has 0 radical (unpaired) electrons. The Kier molecular flexibility index (Phi) is 9.61. The molecule has 0 aromatic carbocycles. The number of ketones is 1. The summed E-state index contributed by atoms with van der Waals surface area (Å²) in [6.07, 6.45) is 12.2. The number of unbranched alkanes of at least 4 members (excludes halogenated alkanes) is 1. The molecular formula is C29H50O3. The van der Waals surface area contributed by atoms with Crippen molar-refractivity contribution in [1.29, 1.82) is 0 Å². The van der Waals surface area contributed by atoms with Gasteiger partial charge in [0.05, 0.1) is 0 Å². The van der Waals surface area contributed by atoms with Crippen LogP contribution in [-0.2, 0) is 14.3 Å². The molecule has 0 aromatic heterocycles. The third kappa shape index (κ3) is 8.03. The van der Waals surface area contributed by atoms with Crippen molar-refractivity contribution in [2.24, 2.45) is 34.5 Å². The summed E-state index contributed by atoms with van der Waals surface area (Å²) < 4.78 is 5.24. The Morgan fingerprint density at radius 2 is 1.81 bits per heavy atom. The van der Waals surface area contributed by atoms with Crippen molar-refractivity contribution >= 4 is 11.8 Å². The van der Waals surface area contributed by atoms with E-state index in [0.29, 0.717) is 29.6 Å². The third-order valence-electron chi connectivity index (χ3n) is 8.42. The summed E-state index contributed by atoms with van der Waals surface area (Å²) in [5.41, 5.74) is 3.35. The van der Waals surface area contributed by atoms with E-state index in [1.54, 1.807) is 11.1 Å². The Balaban J connectivity index is 1.60. The lowest BCUT2D eigenvalue weighted by Crippen LogP contribution is -2.26. The summed E-state index contributed by atoms with van der Waals surface area (Å²) in [6.45, 7) is 17.4. The second kappa shape index (κ2) is 11.3. The molecule has 2 aliphatic rings. The summed E-state index contributed by atoms with van der Waals surface area (Å²) in [5.74, 6) is 2.29. The minimum absolute atomic E-state index is 0.0149. The molecule has 0 spiro atoms. The molecule has 4 unspecified atom stereocenters. The van der Waals surface area contributed by atoms with Crippen LogP contribution in [0.2, 0.25) is 0 Å². The zero-order chi connectivity index (χ0) is 24.1. The summed E-state index contributed by atoms with van der Waals surface area (Å²) in [4.78, 5) is 24.1. The third-order valence-corrected chi connectivity index (χ3v) is 8.42. The summed E-state index contributed by atoms with van der Waals surface area (Å²) in [6, 6.07) is 0. The highest BCUT2D eigenvalue weighted by Gasteiger charge is 2.46. The number of carbonyl (C=O) groups excluding carboxylic acids is 2. The number of allylic oxidation sites excluding steroid dienone is 2. The van der Waals surface area contributed by atoms with Gasteiger partial charge in [-0.3, -0.25) is 9.59 Å². The predicted octanol–water partition coefficient (Wildman–Crippen LogP) is 7.92. The van der Waals surface area contributed by atoms with Crippen LogP contribution in [0.5, 0.6) is 0 Å². The summed E-state index contributed by atoms with van der Waals surface area (Å²) in [7, 11) is 0. The Hall–Kier alpha value is -1.12. The first-order valence-electron chi connectivity index (χ1n) is 13.2. The van der Waals surface area contributed by atoms with Crippen molar-refractivity contribution in [2.45, 2.75) is 120 Å². The number of hydrogen-bond donors (Lipinski definition) is 0. The highest BCUT2D eigenvalue weighted by atomic mass is 16.5. The number of esters is 1. The quantitative estimate of drug-likeness (QED) is 0.174. The van der Waals surface area contributed by atoms with E-state index in [0.717, 1.165) is 5.92 Å². The Morgan fingerprint density at radius 3 is 2.44 bits per heavy atom. The highest BCUT2D eigenvalue weighted by molar-refractivity contribution is 5.86. The molecule has 0 bridgehead atoms. The minimum Gasteiger partial charge on any atom is -0.458 e. The fourth-order valence-electron chi connectivity index (χ4n) is 5.70. The normalized spacial score (nSPS) is 26.1. The number of Topliss-reactive ketones (excluding diaryl/α,β-unsaturated/α-hetero) is 1. The van der Waals surface area contributed by atoms with Gasteiger partial charge in [-0.25, -0.2) is 0 Å². The van der Waals surface area contributed by atoms with Gasteiger partial charge in [-0.1, -0.05) is 78.9 Å². The molecule has 2 aliphatic carbocycles. The van der Waals surface area contributed by atoms with Gasteiger partial charge in [0.15, 0.2) is 12.4 Å². The van der Waals surface area contributed by atoms with Gasteiger partial charge in [0, 0.05) is 11.8 Å². The largest absolute Gasteiger partial charge is 0.458 e. The van der Waals surface area contributed by atoms with Crippen molar-refractivity contribution in [3.63, 3.8) is 0 Å². The van der Waals surface area contributed by atoms with Crippen LogP contribution in [0.3, 0.4) is 0 Å². The van der Waals surface area contributed by atoms with Gasteiger partial charge >= 0.3 is 5.97 Å². The van der Waals surface area contributed by atoms with Crippen LogP contribution in [0.15, 0.2) is 11.1 Å². The van der Waals surface area contributed by atoms with Crippen LogP contribution in [0.4, 0.5) is 0 Å². The van der Waals surface area contributed by atoms with Crippen LogP contribution in [0.1, 0.15) is 120 Å². The van der Waals surface area contributed by atoms with Gasteiger partial charge in [-0.2, -0.15) is 0 Å². The standard InChI is InChI=1S/C29H50O3/c1-20(15-16-25-21(2)13-11-17-29(25,7)8)12-9-10-14-23-22(3)24(23)18-27(31)32-19-26(30)28(4,5)6/h20,22-24H,9-19H2,1-8H3. The van der Waals surface area contributed by atoms with Gasteiger partial charge < -0.3 is 4.74 Å². The first kappa shape index (κ1) is 27.1. The average Bonchev–Trinajstić information content (AvgIpc) is 3.28. The summed E-state index contributed by atoms with van der Waals surface area (Å²) in [5, 5.41) is 0. The second-order valence-electron chi connectivity index (χ2n) is 12.6. The predicted molar refractivity (Wildman–Crippen MR) is 133 cm³/mol. The van der Waals surface area contributed by atoms with E-state index in [4.69, 9.17) is 4.74 Å². The maximum atomic E-state index is 12.1. The lowest BCUT2D eigenvalue weighted by molar-refractivity contribution is -0.150. The van der Waals surface area contributed by atoms with Crippen LogP contribution in [-0.4, -0.2) is 18.4 Å². The summed E-state index contributed by atoms with van der Waals surface area (Å²) >= 11 is 0. The minimum atomic E-state index is -0.449. The molecule has 3 heteroatoms. The molecule has 0 N–H and O–H groups in total. The Bertz CT molecular complexity index is 679. The van der Waals surface area contributed by atoms with Crippen molar-refractivity contribution in [1.82, 2.24) is 0 Å². The van der Waals surface area contributed by atoms with Crippen molar-refractivity contribution < 1.29 is 14.3 Å². The molecule has 184 valence electrons. The number of ether oxygens (including phenoxy) is 1. The Labute approximate surface area is 198 Å². The zero-order valence-electron chi connectivity index (χ0n) is 22.3. The highest BCUT2D eigenvalue weighted by Crippen LogP contribution is 2.51. The topological polar surface area (TPSA) is 43.4 Å². The molecule has 1 fully saturated rings. The smallest absolute Gasteiger partial charge is 0.306 e. The molecule has 0 aliphatic heterocycles. The van der Waals surface area contributed by atoms with Crippen molar-refractivity contribution in [3.05, 3.63) is 11.1 Å². The van der Waals surface area contributed by atoms with Crippen LogP contribution in [0.25, 0.3) is 0 Å². The van der Waals surface area contributed by atoms with Gasteiger partial charge in [0.1, 0.15) is 0 Å². The monoisotopic (exact) mass is 446 g/mol. The molecule has 3 nitrogen and oxygen atoms in total. The van der Waals surface area contributed by atoms with Gasteiger partial charge in [0.25, 0.3) is 0 Å². The number of rotatable bonds is 12. The molecule has 0 amide bonds. The molecule has 2 rings (SSSR count). The maximum absolute atomic E-state index is 12.1. The van der Waals surface area contributed by atoms with E-state index in [-0.39, 0.29) is 18.4 Å². The van der Waals surface area contributed by atoms with Crippen molar-refractivity contribution in [3.8, 4) is 0 Å². The van der Waals surface area contributed by atoms with Crippen LogP contribution in [0, 0.1) is 34.5 Å². The second-order valence-corrected chi connectivity index (χ2v) is 12.6. The van der Waals surface area contributed by atoms with Gasteiger partial charge in [-0.15, -0.1) is 0 Å². The van der Waals surface area contributed by atoms with Crippen molar-refractivity contribution in [2.75, 3.05) is 6.61 Å². The SMILES string of the molecule is CC1=C(CCC(C)CCCCC2C(C)C2CC(=O)OCC(=O)C(C)(C)C)C(C)(C)CCC1. The van der Waals surface area contributed by atoms with E-state index in [1.165, 1.54) is 57.8 Å². The molecule has 32 heavy (non-hydrogen) atoms. The number of hydrogen-bond acceptors (Lipinski definition) is 3. The lowest BCUT2D eigenvalue weighted by Gasteiger charge is -2.35. The van der Waals surface area contributed by atoms with E-state index in [2.05, 4.69) is 34.6 Å². The molecule has 0 heterocycles. The average molecular weight is 447 g/mol. The number of carbonyl (C=O) groups is 2. The first-order valence-corrected chi connectivity index (χ1v) is 13.2. The molecular weight excluding hydrogens is 396 g/mol. The van der Waals surface area contributed by atoms with Gasteiger partial charge in [0.2, 0.25) is 0 Å².